The van der Waals surface area contributed by atoms with Crippen molar-refractivity contribution in [3.63, 3.8) is 0 Å². The van der Waals surface area contributed by atoms with Crippen LogP contribution in [0.25, 0.3) is 0 Å². The molecular formula is C16H24N2O4S. The van der Waals surface area contributed by atoms with Crippen molar-refractivity contribution in [2.75, 3.05) is 32.5 Å². The van der Waals surface area contributed by atoms with Crippen molar-refractivity contribution in [2.45, 2.75) is 19.8 Å². The van der Waals surface area contributed by atoms with Gasteiger partial charge in [-0.2, -0.15) is 0 Å². The van der Waals surface area contributed by atoms with E-state index in [9.17, 15) is 13.2 Å². The van der Waals surface area contributed by atoms with Gasteiger partial charge in [-0.3, -0.25) is 4.79 Å². The van der Waals surface area contributed by atoms with Gasteiger partial charge >= 0.3 is 0 Å². The van der Waals surface area contributed by atoms with E-state index in [2.05, 4.69) is 12.2 Å². The fraction of sp³-hybridized carbons (Fsp3) is 0.562. The first-order chi connectivity index (χ1) is 10.9. The van der Waals surface area contributed by atoms with E-state index in [0.29, 0.717) is 30.3 Å². The number of carbonyl (C=O) groups excluding carboxylic acids is 1. The molecule has 1 atom stereocenters. The molecule has 1 heterocycles. The van der Waals surface area contributed by atoms with Crippen molar-refractivity contribution in [1.82, 2.24) is 9.62 Å². The lowest BCUT2D eigenvalue weighted by Gasteiger charge is -2.30. The molecule has 0 aliphatic carbocycles. The normalized spacial score (nSPS) is 19.3. The summed E-state index contributed by atoms with van der Waals surface area (Å²) < 4.78 is 31.2. The SMILES string of the molecule is COc1cccc(C(=O)NCCS(=O)(=O)N2CCC[C@H](C)C2)c1. The molecule has 0 saturated carbocycles. The molecule has 0 radical (unpaired) electrons. The summed E-state index contributed by atoms with van der Waals surface area (Å²) >= 11 is 0. The molecule has 128 valence electrons. The van der Waals surface area contributed by atoms with E-state index in [1.807, 2.05) is 0 Å². The van der Waals surface area contributed by atoms with E-state index in [0.717, 1.165) is 12.8 Å². The average Bonchev–Trinajstić information content (AvgIpc) is 2.54. The van der Waals surface area contributed by atoms with Crippen LogP contribution in [0.4, 0.5) is 0 Å². The molecule has 7 heteroatoms. The highest BCUT2D eigenvalue weighted by atomic mass is 32.2. The monoisotopic (exact) mass is 340 g/mol. The van der Waals surface area contributed by atoms with Gasteiger partial charge < -0.3 is 10.1 Å². The predicted molar refractivity (Wildman–Crippen MR) is 89.1 cm³/mol. The maximum atomic E-state index is 12.3. The van der Waals surface area contributed by atoms with Crippen LogP contribution in [0.15, 0.2) is 24.3 Å². The quantitative estimate of drug-likeness (QED) is 0.851. The molecule has 0 unspecified atom stereocenters. The Morgan fingerprint density at radius 3 is 2.91 bits per heavy atom. The van der Waals surface area contributed by atoms with Gasteiger partial charge in [-0.1, -0.05) is 13.0 Å². The zero-order valence-electron chi connectivity index (χ0n) is 13.6. The van der Waals surface area contributed by atoms with Gasteiger partial charge in [0.05, 0.1) is 12.9 Å². The third kappa shape index (κ3) is 4.94. The van der Waals surface area contributed by atoms with Crippen molar-refractivity contribution >= 4 is 15.9 Å². The summed E-state index contributed by atoms with van der Waals surface area (Å²) in [5.74, 6) is 0.610. The lowest BCUT2D eigenvalue weighted by molar-refractivity contribution is 0.0955. The molecule has 1 saturated heterocycles. The van der Waals surface area contributed by atoms with Crippen LogP contribution in [0, 0.1) is 5.92 Å². The van der Waals surface area contributed by atoms with Crippen molar-refractivity contribution in [1.29, 1.82) is 0 Å². The Bertz CT molecular complexity index is 645. The van der Waals surface area contributed by atoms with E-state index in [1.54, 1.807) is 28.6 Å². The summed E-state index contributed by atoms with van der Waals surface area (Å²) in [5.41, 5.74) is 0.452. The zero-order chi connectivity index (χ0) is 16.9. The largest absolute Gasteiger partial charge is 0.497 e. The molecule has 1 aliphatic heterocycles. The van der Waals surface area contributed by atoms with Crippen molar-refractivity contribution in [2.24, 2.45) is 5.92 Å². The van der Waals surface area contributed by atoms with E-state index in [1.165, 1.54) is 7.11 Å². The molecule has 1 N–H and O–H groups in total. The van der Waals surface area contributed by atoms with Gasteiger partial charge in [0.1, 0.15) is 5.75 Å². The molecule has 6 nitrogen and oxygen atoms in total. The van der Waals surface area contributed by atoms with Crippen LogP contribution in [0.1, 0.15) is 30.1 Å². The third-order valence-corrected chi connectivity index (χ3v) is 5.83. The number of carbonyl (C=O) groups is 1. The molecule has 1 aliphatic rings. The van der Waals surface area contributed by atoms with Gasteiger partial charge in [0.25, 0.3) is 5.91 Å². The van der Waals surface area contributed by atoms with Gasteiger partial charge in [-0.05, 0) is 37.0 Å². The highest BCUT2D eigenvalue weighted by Crippen LogP contribution is 2.18. The van der Waals surface area contributed by atoms with Gasteiger partial charge in [-0.15, -0.1) is 0 Å². The number of amides is 1. The maximum Gasteiger partial charge on any atom is 0.251 e. The summed E-state index contributed by atoms with van der Waals surface area (Å²) in [5, 5.41) is 2.66. The number of nitrogens with one attached hydrogen (secondary N) is 1. The summed E-state index contributed by atoms with van der Waals surface area (Å²) in [7, 11) is -1.78. The molecule has 23 heavy (non-hydrogen) atoms. The molecular weight excluding hydrogens is 316 g/mol. The smallest absolute Gasteiger partial charge is 0.251 e. The van der Waals surface area contributed by atoms with Crippen LogP contribution in [0.2, 0.25) is 0 Å². The van der Waals surface area contributed by atoms with Gasteiger partial charge in [0.15, 0.2) is 0 Å². The molecule has 0 spiro atoms. The summed E-state index contributed by atoms with van der Waals surface area (Å²) in [6, 6.07) is 6.76. The Labute approximate surface area is 137 Å². The minimum Gasteiger partial charge on any atom is -0.497 e. The predicted octanol–water partition coefficient (Wildman–Crippen LogP) is 1.49. The molecule has 0 aromatic heterocycles. The Kier molecular flexibility index (Phi) is 6.01. The zero-order valence-corrected chi connectivity index (χ0v) is 14.4. The first-order valence-electron chi connectivity index (χ1n) is 7.82. The van der Waals surface area contributed by atoms with Crippen LogP contribution >= 0.6 is 0 Å². The first kappa shape index (κ1) is 17.7. The molecule has 2 rings (SSSR count). The van der Waals surface area contributed by atoms with Crippen molar-refractivity contribution in [3.8, 4) is 5.75 Å². The standard InChI is InChI=1S/C16H24N2O4S/c1-13-5-4-9-18(12-13)23(20,21)10-8-17-16(19)14-6-3-7-15(11-14)22-2/h3,6-7,11,13H,4-5,8-10,12H2,1-2H3,(H,17,19)/t13-/m0/s1. The summed E-state index contributed by atoms with van der Waals surface area (Å²) in [4.78, 5) is 12.1. The number of hydrogen-bond donors (Lipinski definition) is 1. The second-order valence-corrected chi connectivity index (χ2v) is 8.00. The first-order valence-corrected chi connectivity index (χ1v) is 9.43. The number of piperidine rings is 1. The number of methoxy groups -OCH3 is 1. The number of nitrogens with zero attached hydrogens (tertiary/aromatic N) is 1. The fourth-order valence-corrected chi connectivity index (χ4v) is 4.20. The van der Waals surface area contributed by atoms with E-state index in [-0.39, 0.29) is 18.2 Å². The van der Waals surface area contributed by atoms with Crippen LogP contribution < -0.4 is 10.1 Å². The molecule has 1 fully saturated rings. The average molecular weight is 340 g/mol. The lowest BCUT2D eigenvalue weighted by atomic mass is 10.0. The molecule has 1 aromatic carbocycles. The fourth-order valence-electron chi connectivity index (χ4n) is 2.69. The second kappa shape index (κ2) is 7.79. The van der Waals surface area contributed by atoms with Gasteiger partial charge in [0, 0.05) is 25.2 Å². The number of sulfonamides is 1. The number of ether oxygens (including phenoxy) is 1. The Morgan fingerprint density at radius 2 is 2.22 bits per heavy atom. The highest BCUT2D eigenvalue weighted by molar-refractivity contribution is 7.89. The highest BCUT2D eigenvalue weighted by Gasteiger charge is 2.26. The van der Waals surface area contributed by atoms with E-state index < -0.39 is 10.0 Å². The Morgan fingerprint density at radius 1 is 1.43 bits per heavy atom. The Hall–Kier alpha value is -1.60. The molecule has 1 amide bonds. The minimum absolute atomic E-state index is 0.0740. The minimum atomic E-state index is -3.31. The summed E-state index contributed by atoms with van der Waals surface area (Å²) in [6.07, 6.45) is 1.97. The summed E-state index contributed by atoms with van der Waals surface area (Å²) in [6.45, 7) is 3.32. The second-order valence-electron chi connectivity index (χ2n) is 5.91. The van der Waals surface area contributed by atoms with Crippen LogP contribution in [0.3, 0.4) is 0 Å². The third-order valence-electron chi connectivity index (χ3n) is 3.99. The van der Waals surface area contributed by atoms with Gasteiger partial charge in [0.2, 0.25) is 10.0 Å². The van der Waals surface area contributed by atoms with Crippen LogP contribution in [-0.4, -0.2) is 51.1 Å². The number of hydrogen-bond acceptors (Lipinski definition) is 4. The van der Waals surface area contributed by atoms with E-state index in [4.69, 9.17) is 4.74 Å². The van der Waals surface area contributed by atoms with Crippen LogP contribution in [-0.2, 0) is 10.0 Å². The van der Waals surface area contributed by atoms with Gasteiger partial charge in [-0.25, -0.2) is 12.7 Å². The Balaban J connectivity index is 1.87. The van der Waals surface area contributed by atoms with Crippen LogP contribution in [0.5, 0.6) is 5.75 Å². The molecule has 0 bridgehead atoms. The van der Waals surface area contributed by atoms with E-state index >= 15 is 0 Å². The van der Waals surface area contributed by atoms with Crippen molar-refractivity contribution < 1.29 is 17.9 Å². The molecule has 1 aromatic rings. The van der Waals surface area contributed by atoms with Crippen molar-refractivity contribution in [3.05, 3.63) is 29.8 Å². The maximum absolute atomic E-state index is 12.3. The lowest BCUT2D eigenvalue weighted by Crippen LogP contribution is -2.42. The topological polar surface area (TPSA) is 75.7 Å². The number of rotatable bonds is 6. The number of benzene rings is 1.